The van der Waals surface area contributed by atoms with Gasteiger partial charge < -0.3 is 10.5 Å². The molecule has 1 aromatic carbocycles. The molecule has 0 bridgehead atoms. The fourth-order valence-corrected chi connectivity index (χ4v) is 2.28. The van der Waals surface area contributed by atoms with E-state index in [-0.39, 0.29) is 6.04 Å². The fourth-order valence-electron chi connectivity index (χ4n) is 2.03. The first-order valence-corrected chi connectivity index (χ1v) is 6.70. The molecular formula is C14H20ClNO. The van der Waals surface area contributed by atoms with Gasteiger partial charge in [-0.05, 0) is 49.8 Å². The molecule has 2 N–H and O–H groups in total. The summed E-state index contributed by atoms with van der Waals surface area (Å²) < 4.78 is 5.74. The maximum absolute atomic E-state index is 6.19. The quantitative estimate of drug-likeness (QED) is 0.873. The van der Waals surface area contributed by atoms with Crippen molar-refractivity contribution in [1.29, 1.82) is 0 Å². The van der Waals surface area contributed by atoms with Gasteiger partial charge in [-0.3, -0.25) is 0 Å². The van der Waals surface area contributed by atoms with Crippen LogP contribution in [0.15, 0.2) is 18.2 Å². The van der Waals surface area contributed by atoms with E-state index in [9.17, 15) is 0 Å². The molecule has 3 heteroatoms. The Hall–Kier alpha value is -0.730. The Balaban J connectivity index is 1.93. The number of rotatable bonds is 5. The number of hydrogen-bond acceptors (Lipinski definition) is 2. The van der Waals surface area contributed by atoms with Gasteiger partial charge in [-0.2, -0.15) is 0 Å². The minimum atomic E-state index is 0.160. The van der Waals surface area contributed by atoms with E-state index in [2.05, 4.69) is 0 Å². The van der Waals surface area contributed by atoms with Gasteiger partial charge in [0, 0.05) is 6.04 Å². The molecule has 94 valence electrons. The van der Waals surface area contributed by atoms with E-state index in [1.165, 1.54) is 24.8 Å². The molecule has 0 heterocycles. The van der Waals surface area contributed by atoms with Crippen molar-refractivity contribution < 1.29 is 4.74 Å². The Morgan fingerprint density at radius 3 is 2.76 bits per heavy atom. The van der Waals surface area contributed by atoms with Crippen LogP contribution in [-0.2, 0) is 6.42 Å². The van der Waals surface area contributed by atoms with Crippen LogP contribution >= 0.6 is 11.6 Å². The van der Waals surface area contributed by atoms with Gasteiger partial charge in [0.15, 0.2) is 0 Å². The van der Waals surface area contributed by atoms with Crippen molar-refractivity contribution in [3.05, 3.63) is 28.8 Å². The number of halogens is 1. The largest absolute Gasteiger partial charge is 0.492 e. The Labute approximate surface area is 108 Å². The van der Waals surface area contributed by atoms with Crippen LogP contribution in [0, 0.1) is 5.92 Å². The third-order valence-electron chi connectivity index (χ3n) is 3.25. The SMILES string of the molecule is CC(N)Cc1ccc(OCC2CCC2)c(Cl)c1. The Bertz CT molecular complexity index is 374. The summed E-state index contributed by atoms with van der Waals surface area (Å²) in [6, 6.07) is 6.12. The van der Waals surface area contributed by atoms with Crippen LogP contribution in [0.25, 0.3) is 0 Å². The molecule has 1 fully saturated rings. The summed E-state index contributed by atoms with van der Waals surface area (Å²) in [4.78, 5) is 0. The molecule has 0 aromatic heterocycles. The molecular weight excluding hydrogens is 234 g/mol. The van der Waals surface area contributed by atoms with Gasteiger partial charge in [-0.15, -0.1) is 0 Å². The second-order valence-electron chi connectivity index (χ2n) is 5.05. The molecule has 1 aliphatic carbocycles. The Morgan fingerprint density at radius 1 is 1.47 bits per heavy atom. The molecule has 0 spiro atoms. The molecule has 1 aliphatic rings. The van der Waals surface area contributed by atoms with Crippen molar-refractivity contribution in [2.45, 2.75) is 38.6 Å². The fraction of sp³-hybridized carbons (Fsp3) is 0.571. The Morgan fingerprint density at radius 2 is 2.24 bits per heavy atom. The minimum absolute atomic E-state index is 0.160. The van der Waals surface area contributed by atoms with Gasteiger partial charge in [0.2, 0.25) is 0 Å². The van der Waals surface area contributed by atoms with Crippen LogP contribution in [0.3, 0.4) is 0 Å². The summed E-state index contributed by atoms with van der Waals surface area (Å²) in [5, 5.41) is 0.697. The zero-order valence-corrected chi connectivity index (χ0v) is 11.0. The van der Waals surface area contributed by atoms with E-state index in [0.29, 0.717) is 5.02 Å². The topological polar surface area (TPSA) is 35.2 Å². The van der Waals surface area contributed by atoms with Crippen molar-refractivity contribution in [3.8, 4) is 5.75 Å². The molecule has 1 atom stereocenters. The molecule has 1 aromatic rings. The molecule has 0 amide bonds. The van der Waals surface area contributed by atoms with E-state index in [1.807, 2.05) is 25.1 Å². The van der Waals surface area contributed by atoms with Gasteiger partial charge in [0.05, 0.1) is 11.6 Å². The lowest BCUT2D eigenvalue weighted by molar-refractivity contribution is 0.180. The standard InChI is InChI=1S/C14H20ClNO/c1-10(16)7-12-5-6-14(13(15)8-12)17-9-11-3-2-4-11/h5-6,8,10-11H,2-4,7,9,16H2,1H3. The molecule has 17 heavy (non-hydrogen) atoms. The van der Waals surface area contributed by atoms with Crippen LogP contribution in [-0.4, -0.2) is 12.6 Å². The summed E-state index contributed by atoms with van der Waals surface area (Å²) in [6.45, 7) is 2.79. The zero-order chi connectivity index (χ0) is 12.3. The first-order chi connectivity index (χ1) is 8.15. The molecule has 0 radical (unpaired) electrons. The van der Waals surface area contributed by atoms with Gasteiger partial charge in [0.25, 0.3) is 0 Å². The highest BCUT2D eigenvalue weighted by Gasteiger charge is 2.18. The van der Waals surface area contributed by atoms with Crippen molar-refractivity contribution >= 4 is 11.6 Å². The monoisotopic (exact) mass is 253 g/mol. The summed E-state index contributed by atoms with van der Waals surface area (Å²) in [6.07, 6.45) is 4.78. The molecule has 1 unspecified atom stereocenters. The average Bonchev–Trinajstić information content (AvgIpc) is 2.17. The molecule has 0 aliphatic heterocycles. The molecule has 1 saturated carbocycles. The summed E-state index contributed by atoms with van der Waals surface area (Å²) in [5.41, 5.74) is 6.93. The predicted molar refractivity (Wildman–Crippen MR) is 71.6 cm³/mol. The molecule has 2 rings (SSSR count). The normalized spacial score (nSPS) is 17.6. The van der Waals surface area contributed by atoms with Crippen molar-refractivity contribution in [1.82, 2.24) is 0 Å². The average molecular weight is 254 g/mol. The number of nitrogens with two attached hydrogens (primary N) is 1. The van der Waals surface area contributed by atoms with E-state index < -0.39 is 0 Å². The van der Waals surface area contributed by atoms with Gasteiger partial charge in [-0.25, -0.2) is 0 Å². The van der Waals surface area contributed by atoms with Gasteiger partial charge >= 0.3 is 0 Å². The number of benzene rings is 1. The third kappa shape index (κ3) is 3.62. The highest BCUT2D eigenvalue weighted by molar-refractivity contribution is 6.32. The van der Waals surface area contributed by atoms with Crippen LogP contribution in [0.2, 0.25) is 5.02 Å². The van der Waals surface area contributed by atoms with Crippen LogP contribution < -0.4 is 10.5 Å². The minimum Gasteiger partial charge on any atom is -0.492 e. The second-order valence-corrected chi connectivity index (χ2v) is 5.46. The summed E-state index contributed by atoms with van der Waals surface area (Å²) >= 11 is 6.19. The predicted octanol–water partition coefficient (Wildman–Crippen LogP) is 3.41. The van der Waals surface area contributed by atoms with Crippen LogP contribution in [0.5, 0.6) is 5.75 Å². The summed E-state index contributed by atoms with van der Waals surface area (Å²) in [5.74, 6) is 1.53. The van der Waals surface area contributed by atoms with E-state index in [0.717, 1.165) is 24.7 Å². The highest BCUT2D eigenvalue weighted by atomic mass is 35.5. The van der Waals surface area contributed by atoms with Gasteiger partial charge in [-0.1, -0.05) is 24.1 Å². The smallest absolute Gasteiger partial charge is 0.137 e. The third-order valence-corrected chi connectivity index (χ3v) is 3.55. The van der Waals surface area contributed by atoms with Crippen LogP contribution in [0.4, 0.5) is 0 Å². The lowest BCUT2D eigenvalue weighted by Gasteiger charge is -2.25. The van der Waals surface area contributed by atoms with Crippen molar-refractivity contribution in [2.75, 3.05) is 6.61 Å². The van der Waals surface area contributed by atoms with Crippen molar-refractivity contribution in [3.63, 3.8) is 0 Å². The maximum atomic E-state index is 6.19. The lowest BCUT2D eigenvalue weighted by atomic mass is 9.86. The second kappa shape index (κ2) is 5.74. The number of ether oxygens (including phenoxy) is 1. The molecule has 0 saturated heterocycles. The first kappa shape index (κ1) is 12.7. The maximum Gasteiger partial charge on any atom is 0.137 e. The van der Waals surface area contributed by atoms with E-state index >= 15 is 0 Å². The highest BCUT2D eigenvalue weighted by Crippen LogP contribution is 2.30. The lowest BCUT2D eigenvalue weighted by Crippen LogP contribution is -2.19. The first-order valence-electron chi connectivity index (χ1n) is 6.32. The number of hydrogen-bond donors (Lipinski definition) is 1. The summed E-state index contributed by atoms with van der Waals surface area (Å²) in [7, 11) is 0. The molecule has 2 nitrogen and oxygen atoms in total. The Kier molecular flexibility index (Phi) is 4.30. The van der Waals surface area contributed by atoms with Gasteiger partial charge in [0.1, 0.15) is 5.75 Å². The van der Waals surface area contributed by atoms with E-state index in [4.69, 9.17) is 22.1 Å². The van der Waals surface area contributed by atoms with Crippen LogP contribution in [0.1, 0.15) is 31.7 Å². The van der Waals surface area contributed by atoms with Crippen molar-refractivity contribution in [2.24, 2.45) is 11.7 Å². The zero-order valence-electron chi connectivity index (χ0n) is 10.3. The van der Waals surface area contributed by atoms with E-state index in [1.54, 1.807) is 0 Å².